The first-order valence-electron chi connectivity index (χ1n) is 4.94. The monoisotopic (exact) mass is 227 g/mol. The van der Waals surface area contributed by atoms with Crippen molar-refractivity contribution in [2.45, 2.75) is 0 Å². The Morgan fingerprint density at radius 3 is 3.00 bits per heavy atom. The summed E-state index contributed by atoms with van der Waals surface area (Å²) in [5, 5.41) is 1.22. The molecule has 2 heterocycles. The van der Waals surface area contributed by atoms with Gasteiger partial charge in [-0.3, -0.25) is 0 Å². The third-order valence-corrected chi connectivity index (χ3v) is 2.90. The molecule has 4 heteroatoms. The van der Waals surface area contributed by atoms with E-state index in [0.717, 1.165) is 16.9 Å². The van der Waals surface area contributed by atoms with Gasteiger partial charge in [0, 0.05) is 17.1 Å². The Morgan fingerprint density at radius 2 is 2.12 bits per heavy atom. The van der Waals surface area contributed by atoms with E-state index in [9.17, 15) is 0 Å². The summed E-state index contributed by atoms with van der Waals surface area (Å²) in [4.78, 5) is 7.33. The van der Waals surface area contributed by atoms with Crippen molar-refractivity contribution in [3.05, 3.63) is 47.4 Å². The highest BCUT2D eigenvalue weighted by molar-refractivity contribution is 7.03. The zero-order chi connectivity index (χ0) is 10.8. The number of hydrogen-bond donors (Lipinski definition) is 1. The van der Waals surface area contributed by atoms with E-state index >= 15 is 0 Å². The Hall–Kier alpha value is -1.94. The molecule has 3 aromatic rings. The molecule has 3 nitrogen and oxygen atoms in total. The number of benzene rings is 1. The van der Waals surface area contributed by atoms with Crippen LogP contribution in [0.1, 0.15) is 11.4 Å². The highest BCUT2D eigenvalue weighted by Gasteiger charge is 1.99. The van der Waals surface area contributed by atoms with Crippen molar-refractivity contribution in [1.29, 1.82) is 0 Å². The number of nitrogens with zero attached hydrogens (tertiary/aromatic N) is 2. The van der Waals surface area contributed by atoms with Gasteiger partial charge in [-0.25, -0.2) is 4.98 Å². The molecule has 1 aromatic carbocycles. The number of rotatable bonds is 2. The van der Waals surface area contributed by atoms with Gasteiger partial charge in [0.15, 0.2) is 5.82 Å². The number of aromatic amines is 1. The Morgan fingerprint density at radius 1 is 1.19 bits per heavy atom. The molecule has 0 unspecified atom stereocenters. The van der Waals surface area contributed by atoms with E-state index in [2.05, 4.69) is 26.5 Å². The van der Waals surface area contributed by atoms with Gasteiger partial charge in [-0.05, 0) is 35.3 Å². The molecule has 2 aromatic heterocycles. The van der Waals surface area contributed by atoms with Crippen LogP contribution in [-0.4, -0.2) is 14.3 Å². The summed E-state index contributed by atoms with van der Waals surface area (Å²) in [7, 11) is 0. The predicted molar refractivity (Wildman–Crippen MR) is 67.1 cm³/mol. The van der Waals surface area contributed by atoms with Gasteiger partial charge in [0.25, 0.3) is 0 Å². The Bertz CT molecular complexity index is 623. The molecule has 0 radical (unpaired) electrons. The second-order valence-electron chi connectivity index (χ2n) is 3.41. The molecule has 78 valence electrons. The third kappa shape index (κ3) is 1.63. The van der Waals surface area contributed by atoms with Gasteiger partial charge >= 0.3 is 0 Å². The largest absolute Gasteiger partial charge is 0.361 e. The molecular formula is C12H9N3S. The van der Waals surface area contributed by atoms with Crippen LogP contribution in [0.15, 0.2) is 36.0 Å². The van der Waals surface area contributed by atoms with Gasteiger partial charge in [0.1, 0.15) is 5.51 Å². The molecule has 3 rings (SSSR count). The second-order valence-corrected chi connectivity index (χ2v) is 4.02. The van der Waals surface area contributed by atoms with Crippen molar-refractivity contribution in [2.75, 3.05) is 0 Å². The van der Waals surface area contributed by atoms with Crippen LogP contribution in [-0.2, 0) is 0 Å². The van der Waals surface area contributed by atoms with Crippen LogP contribution in [0.3, 0.4) is 0 Å². The zero-order valence-corrected chi connectivity index (χ0v) is 9.24. The minimum Gasteiger partial charge on any atom is -0.361 e. The summed E-state index contributed by atoms with van der Waals surface area (Å²) < 4.78 is 4.13. The molecule has 0 aliphatic carbocycles. The number of nitrogens with one attached hydrogen (secondary N) is 1. The standard InChI is InChI=1S/C12H9N3S/c1-2-4-11-10(3-1)9(7-13-11)5-6-12-14-8-16-15-12/h1-8,13H. The summed E-state index contributed by atoms with van der Waals surface area (Å²) in [5.41, 5.74) is 4.04. The molecule has 0 saturated heterocycles. The molecule has 0 saturated carbocycles. The van der Waals surface area contributed by atoms with Crippen LogP contribution in [0.25, 0.3) is 23.1 Å². The minimum atomic E-state index is 0.760. The SMILES string of the molecule is C(=Cc1c[nH]c2ccccc12)c1ncsn1. The normalized spacial score (nSPS) is 11.5. The number of H-pyrrole nitrogens is 1. The van der Waals surface area contributed by atoms with Crippen LogP contribution in [0.5, 0.6) is 0 Å². The lowest BCUT2D eigenvalue weighted by atomic mass is 10.1. The fraction of sp³-hybridized carbons (Fsp3) is 0. The summed E-state index contributed by atoms with van der Waals surface area (Å²) in [6, 6.07) is 8.22. The van der Waals surface area contributed by atoms with Gasteiger partial charge in [0.2, 0.25) is 0 Å². The Kier molecular flexibility index (Phi) is 2.27. The van der Waals surface area contributed by atoms with Crippen molar-refractivity contribution in [2.24, 2.45) is 0 Å². The quantitative estimate of drug-likeness (QED) is 0.730. The lowest BCUT2D eigenvalue weighted by Crippen LogP contribution is -1.72. The van der Waals surface area contributed by atoms with E-state index < -0.39 is 0 Å². The lowest BCUT2D eigenvalue weighted by molar-refractivity contribution is 1.29. The summed E-state index contributed by atoms with van der Waals surface area (Å²) in [5.74, 6) is 0.760. The molecule has 0 amide bonds. The van der Waals surface area contributed by atoms with Crippen molar-refractivity contribution in [3.63, 3.8) is 0 Å². The summed E-state index contributed by atoms with van der Waals surface area (Å²) in [6.45, 7) is 0. The van der Waals surface area contributed by atoms with E-state index in [4.69, 9.17) is 0 Å². The van der Waals surface area contributed by atoms with Crippen molar-refractivity contribution >= 4 is 34.6 Å². The average molecular weight is 227 g/mol. The fourth-order valence-corrected chi connectivity index (χ4v) is 2.07. The van der Waals surface area contributed by atoms with Crippen LogP contribution in [0, 0.1) is 0 Å². The van der Waals surface area contributed by atoms with Gasteiger partial charge in [-0.15, -0.1) is 0 Å². The van der Waals surface area contributed by atoms with Crippen molar-refractivity contribution in [3.8, 4) is 0 Å². The first-order chi connectivity index (χ1) is 7.93. The molecule has 16 heavy (non-hydrogen) atoms. The number of fused-ring (bicyclic) bond motifs is 1. The number of para-hydroxylation sites is 1. The molecule has 0 fully saturated rings. The highest BCUT2D eigenvalue weighted by Crippen LogP contribution is 2.19. The maximum absolute atomic E-state index is 4.13. The van der Waals surface area contributed by atoms with Gasteiger partial charge in [-0.2, -0.15) is 4.37 Å². The molecule has 0 aliphatic rings. The fourth-order valence-electron chi connectivity index (χ4n) is 1.65. The van der Waals surface area contributed by atoms with Gasteiger partial charge in [0.05, 0.1) is 0 Å². The van der Waals surface area contributed by atoms with E-state index in [0.29, 0.717) is 0 Å². The molecule has 0 aliphatic heterocycles. The van der Waals surface area contributed by atoms with Crippen LogP contribution < -0.4 is 0 Å². The maximum atomic E-state index is 4.13. The summed E-state index contributed by atoms with van der Waals surface area (Å²) >= 11 is 1.36. The first kappa shape index (κ1) is 9.30. The first-order valence-corrected chi connectivity index (χ1v) is 5.78. The zero-order valence-electron chi connectivity index (χ0n) is 8.42. The topological polar surface area (TPSA) is 41.6 Å². The Balaban J connectivity index is 2.01. The molecular weight excluding hydrogens is 218 g/mol. The highest BCUT2D eigenvalue weighted by atomic mass is 32.1. The van der Waals surface area contributed by atoms with E-state index in [-0.39, 0.29) is 0 Å². The van der Waals surface area contributed by atoms with Crippen LogP contribution in [0.2, 0.25) is 0 Å². The lowest BCUT2D eigenvalue weighted by Gasteiger charge is -1.89. The second kappa shape index (κ2) is 3.90. The maximum Gasteiger partial charge on any atom is 0.165 e. The van der Waals surface area contributed by atoms with E-state index in [1.807, 2.05) is 30.5 Å². The predicted octanol–water partition coefficient (Wildman–Crippen LogP) is 3.19. The van der Waals surface area contributed by atoms with Gasteiger partial charge < -0.3 is 4.98 Å². The smallest absolute Gasteiger partial charge is 0.165 e. The molecule has 1 N–H and O–H groups in total. The van der Waals surface area contributed by atoms with Crippen LogP contribution in [0.4, 0.5) is 0 Å². The summed E-state index contributed by atoms with van der Waals surface area (Å²) in [6.07, 6.45) is 5.94. The third-order valence-electron chi connectivity index (χ3n) is 2.41. The number of aromatic nitrogens is 3. The molecule has 0 bridgehead atoms. The van der Waals surface area contributed by atoms with Crippen molar-refractivity contribution in [1.82, 2.24) is 14.3 Å². The number of hydrogen-bond acceptors (Lipinski definition) is 3. The van der Waals surface area contributed by atoms with Crippen LogP contribution >= 0.6 is 11.5 Å². The molecule has 0 spiro atoms. The van der Waals surface area contributed by atoms with Gasteiger partial charge in [-0.1, -0.05) is 18.2 Å². The average Bonchev–Trinajstić information content (AvgIpc) is 2.96. The van der Waals surface area contributed by atoms with E-state index in [1.54, 1.807) is 5.51 Å². The Labute approximate surface area is 96.6 Å². The van der Waals surface area contributed by atoms with E-state index in [1.165, 1.54) is 16.9 Å². The minimum absolute atomic E-state index is 0.760. The van der Waals surface area contributed by atoms with Crippen molar-refractivity contribution < 1.29 is 0 Å². The molecule has 0 atom stereocenters.